The van der Waals surface area contributed by atoms with Gasteiger partial charge in [0.25, 0.3) is 0 Å². The van der Waals surface area contributed by atoms with Gasteiger partial charge in [0.05, 0.1) is 11.6 Å². The first kappa shape index (κ1) is 16.5. The van der Waals surface area contributed by atoms with Gasteiger partial charge >= 0.3 is 0 Å². The van der Waals surface area contributed by atoms with Crippen LogP contribution in [0.2, 0.25) is 0 Å². The predicted molar refractivity (Wildman–Crippen MR) is 89.2 cm³/mol. The Morgan fingerprint density at radius 3 is 2.36 bits per heavy atom. The van der Waals surface area contributed by atoms with Gasteiger partial charge in [0.15, 0.2) is 0 Å². The van der Waals surface area contributed by atoms with E-state index < -0.39 is 0 Å². The number of carbonyl (C=O) groups excluding carboxylic acids is 2. The molecule has 118 valence electrons. The van der Waals surface area contributed by atoms with E-state index in [-0.39, 0.29) is 17.9 Å². The van der Waals surface area contributed by atoms with Crippen molar-refractivity contribution >= 4 is 17.9 Å². The van der Waals surface area contributed by atoms with E-state index in [1.165, 1.54) is 5.56 Å². The maximum atomic E-state index is 12.8. The van der Waals surface area contributed by atoms with E-state index in [0.29, 0.717) is 5.57 Å². The van der Waals surface area contributed by atoms with Crippen LogP contribution >= 0.6 is 0 Å². The number of aryl methyl sites for hydroxylation is 1. The molecular formula is C19H25NO2. The van der Waals surface area contributed by atoms with Crippen LogP contribution in [0.15, 0.2) is 29.8 Å². The first-order valence-corrected chi connectivity index (χ1v) is 8.10. The Morgan fingerprint density at radius 2 is 1.86 bits per heavy atom. The highest BCUT2D eigenvalue weighted by atomic mass is 16.2. The molecule has 0 bridgehead atoms. The van der Waals surface area contributed by atoms with Gasteiger partial charge in [-0.05, 0) is 32.8 Å². The van der Waals surface area contributed by atoms with Crippen LogP contribution in [0.5, 0.6) is 0 Å². The van der Waals surface area contributed by atoms with Gasteiger partial charge in [-0.15, -0.1) is 0 Å². The molecule has 2 rings (SSSR count). The Morgan fingerprint density at radius 1 is 1.23 bits per heavy atom. The van der Waals surface area contributed by atoms with Crippen LogP contribution in [0.25, 0.3) is 5.70 Å². The lowest BCUT2D eigenvalue weighted by atomic mass is 9.94. The number of nitrogens with zero attached hydrogens (tertiary/aromatic N) is 1. The SMILES string of the molecule is CCCCC1C(=O)N(C(C)C)C(c2ccc(C)cc2)=C1C=O. The summed E-state index contributed by atoms with van der Waals surface area (Å²) >= 11 is 0. The lowest BCUT2D eigenvalue weighted by Crippen LogP contribution is -2.34. The molecule has 1 aromatic rings. The lowest BCUT2D eigenvalue weighted by Gasteiger charge is -2.25. The number of benzene rings is 1. The van der Waals surface area contributed by atoms with Crippen molar-refractivity contribution in [3.8, 4) is 0 Å². The van der Waals surface area contributed by atoms with E-state index in [1.54, 1.807) is 4.90 Å². The third-order valence-electron chi connectivity index (χ3n) is 4.24. The average Bonchev–Trinajstić information content (AvgIpc) is 2.78. The summed E-state index contributed by atoms with van der Waals surface area (Å²) in [6, 6.07) is 8.09. The molecule has 3 nitrogen and oxygen atoms in total. The third-order valence-corrected chi connectivity index (χ3v) is 4.24. The number of hydrogen-bond acceptors (Lipinski definition) is 2. The summed E-state index contributed by atoms with van der Waals surface area (Å²) in [7, 11) is 0. The number of amides is 1. The molecule has 0 N–H and O–H groups in total. The van der Waals surface area contributed by atoms with Gasteiger partial charge in [-0.3, -0.25) is 9.59 Å². The Kier molecular flexibility index (Phi) is 5.17. The molecule has 0 spiro atoms. The molecule has 0 radical (unpaired) electrons. The van der Waals surface area contributed by atoms with Gasteiger partial charge in [-0.25, -0.2) is 0 Å². The fourth-order valence-corrected chi connectivity index (χ4v) is 3.07. The van der Waals surface area contributed by atoms with Crippen LogP contribution in [0.3, 0.4) is 0 Å². The normalized spacial score (nSPS) is 18.5. The van der Waals surface area contributed by atoms with Gasteiger partial charge < -0.3 is 4.90 Å². The van der Waals surface area contributed by atoms with Gasteiger partial charge in [-0.1, -0.05) is 49.6 Å². The highest BCUT2D eigenvalue weighted by molar-refractivity contribution is 6.06. The van der Waals surface area contributed by atoms with E-state index in [0.717, 1.165) is 36.8 Å². The zero-order valence-electron chi connectivity index (χ0n) is 13.9. The third kappa shape index (κ3) is 2.99. The fourth-order valence-electron chi connectivity index (χ4n) is 3.07. The van der Waals surface area contributed by atoms with Crippen molar-refractivity contribution in [2.24, 2.45) is 5.92 Å². The summed E-state index contributed by atoms with van der Waals surface area (Å²) in [6.07, 6.45) is 3.62. The maximum absolute atomic E-state index is 12.8. The topological polar surface area (TPSA) is 37.4 Å². The smallest absolute Gasteiger partial charge is 0.234 e. The Labute approximate surface area is 133 Å². The Balaban J connectivity index is 2.52. The minimum atomic E-state index is -0.281. The fraction of sp³-hybridized carbons (Fsp3) is 0.474. The molecule has 1 aromatic carbocycles. The van der Waals surface area contributed by atoms with Gasteiger partial charge in [0, 0.05) is 11.6 Å². The summed E-state index contributed by atoms with van der Waals surface area (Å²) in [6.45, 7) is 8.13. The van der Waals surface area contributed by atoms with Crippen LogP contribution in [0, 0.1) is 12.8 Å². The zero-order valence-corrected chi connectivity index (χ0v) is 13.9. The second-order valence-corrected chi connectivity index (χ2v) is 6.28. The standard InChI is InChI=1S/C19H25NO2/c1-5-6-7-16-17(12-21)18(20(13(2)3)19(16)22)15-10-8-14(4)9-11-15/h8-13,16H,5-7H2,1-4H3. The highest BCUT2D eigenvalue weighted by Gasteiger charge is 2.40. The highest BCUT2D eigenvalue weighted by Crippen LogP contribution is 2.38. The molecule has 1 atom stereocenters. The molecule has 0 fully saturated rings. The van der Waals surface area contributed by atoms with Crippen molar-refractivity contribution < 1.29 is 9.59 Å². The molecular weight excluding hydrogens is 274 g/mol. The number of carbonyl (C=O) groups is 2. The molecule has 1 unspecified atom stereocenters. The van der Waals surface area contributed by atoms with Crippen LogP contribution in [0.1, 0.15) is 51.2 Å². The molecule has 3 heteroatoms. The first-order chi connectivity index (χ1) is 10.5. The molecule has 1 aliphatic rings. The molecule has 0 saturated carbocycles. The van der Waals surface area contributed by atoms with Crippen molar-refractivity contribution in [2.45, 2.75) is 53.0 Å². The van der Waals surface area contributed by atoms with Crippen LogP contribution in [-0.4, -0.2) is 23.1 Å². The predicted octanol–water partition coefficient (Wildman–Crippen LogP) is 3.96. The van der Waals surface area contributed by atoms with Crippen molar-refractivity contribution in [1.82, 2.24) is 4.90 Å². The minimum Gasteiger partial charge on any atom is -0.308 e. The van der Waals surface area contributed by atoms with E-state index in [4.69, 9.17) is 0 Å². The van der Waals surface area contributed by atoms with E-state index in [9.17, 15) is 9.59 Å². The molecule has 0 aromatic heterocycles. The minimum absolute atomic E-state index is 0.0466. The molecule has 1 heterocycles. The average molecular weight is 299 g/mol. The number of unbranched alkanes of at least 4 members (excludes halogenated alkanes) is 1. The maximum Gasteiger partial charge on any atom is 0.234 e. The summed E-state index contributed by atoms with van der Waals surface area (Å²) in [5, 5.41) is 0. The molecule has 0 aliphatic carbocycles. The summed E-state index contributed by atoms with van der Waals surface area (Å²) < 4.78 is 0. The van der Waals surface area contributed by atoms with E-state index >= 15 is 0 Å². The van der Waals surface area contributed by atoms with Crippen molar-refractivity contribution in [2.75, 3.05) is 0 Å². The van der Waals surface area contributed by atoms with Crippen molar-refractivity contribution in [1.29, 1.82) is 0 Å². The largest absolute Gasteiger partial charge is 0.308 e. The van der Waals surface area contributed by atoms with Gasteiger partial charge in [0.2, 0.25) is 5.91 Å². The lowest BCUT2D eigenvalue weighted by molar-refractivity contribution is -0.131. The molecule has 0 saturated heterocycles. The van der Waals surface area contributed by atoms with Crippen LogP contribution in [0.4, 0.5) is 0 Å². The monoisotopic (exact) mass is 299 g/mol. The number of aldehydes is 1. The van der Waals surface area contributed by atoms with Crippen LogP contribution < -0.4 is 0 Å². The summed E-state index contributed by atoms with van der Waals surface area (Å²) in [5.74, 6) is -0.211. The second-order valence-electron chi connectivity index (χ2n) is 6.28. The van der Waals surface area contributed by atoms with Gasteiger partial charge in [-0.2, -0.15) is 0 Å². The summed E-state index contributed by atoms with van der Waals surface area (Å²) in [4.78, 5) is 26.3. The van der Waals surface area contributed by atoms with Crippen molar-refractivity contribution in [3.63, 3.8) is 0 Å². The first-order valence-electron chi connectivity index (χ1n) is 8.10. The van der Waals surface area contributed by atoms with Crippen LogP contribution in [-0.2, 0) is 9.59 Å². The second kappa shape index (κ2) is 6.91. The quantitative estimate of drug-likeness (QED) is 0.746. The van der Waals surface area contributed by atoms with Gasteiger partial charge in [0.1, 0.15) is 6.29 Å². The number of hydrogen-bond donors (Lipinski definition) is 0. The molecule has 22 heavy (non-hydrogen) atoms. The zero-order chi connectivity index (χ0) is 16.3. The van der Waals surface area contributed by atoms with E-state index in [2.05, 4.69) is 6.92 Å². The molecule has 1 aliphatic heterocycles. The number of rotatable bonds is 6. The summed E-state index contributed by atoms with van der Waals surface area (Å²) in [5.41, 5.74) is 3.57. The van der Waals surface area contributed by atoms with E-state index in [1.807, 2.05) is 45.0 Å². The van der Waals surface area contributed by atoms with Crippen molar-refractivity contribution in [3.05, 3.63) is 41.0 Å². The Bertz CT molecular complexity index is 584. The molecule has 1 amide bonds. The Hall–Kier alpha value is -1.90.